The van der Waals surface area contributed by atoms with Gasteiger partial charge in [-0.05, 0) is 24.6 Å². The van der Waals surface area contributed by atoms with Crippen molar-refractivity contribution in [3.05, 3.63) is 47.1 Å². The van der Waals surface area contributed by atoms with E-state index in [0.717, 1.165) is 22.3 Å². The molecule has 0 bridgehead atoms. The predicted molar refractivity (Wildman–Crippen MR) is 72.6 cm³/mol. The molecule has 0 radical (unpaired) electrons. The van der Waals surface area contributed by atoms with Crippen LogP contribution >= 0.6 is 11.6 Å². The molecular weight excluding hydrogens is 248 g/mol. The second-order valence-corrected chi connectivity index (χ2v) is 4.54. The first-order valence-electron chi connectivity index (χ1n) is 5.52. The molecule has 0 aliphatic rings. The number of rotatable bonds is 1. The van der Waals surface area contributed by atoms with Crippen LogP contribution in [-0.4, -0.2) is 14.6 Å². The van der Waals surface area contributed by atoms with Crippen molar-refractivity contribution >= 4 is 23.2 Å². The van der Waals surface area contributed by atoms with Crippen LogP contribution in [0.15, 0.2) is 36.5 Å². The summed E-state index contributed by atoms with van der Waals surface area (Å²) >= 11 is 6.20. The van der Waals surface area contributed by atoms with Crippen LogP contribution in [0.4, 0.5) is 5.95 Å². The van der Waals surface area contributed by atoms with E-state index >= 15 is 0 Å². The maximum absolute atomic E-state index is 6.20. The molecule has 18 heavy (non-hydrogen) atoms. The molecule has 1 aromatic carbocycles. The zero-order valence-electron chi connectivity index (χ0n) is 9.76. The molecule has 0 spiro atoms. The summed E-state index contributed by atoms with van der Waals surface area (Å²) in [5, 5.41) is 4.84. The molecule has 0 fully saturated rings. The van der Waals surface area contributed by atoms with Gasteiger partial charge >= 0.3 is 0 Å². The molecule has 3 aromatic rings. The number of nitrogens with zero attached hydrogens (tertiary/aromatic N) is 3. The Morgan fingerprint density at radius 2 is 2.06 bits per heavy atom. The quantitative estimate of drug-likeness (QED) is 0.730. The molecule has 0 aliphatic carbocycles. The van der Waals surface area contributed by atoms with Gasteiger partial charge in [0.1, 0.15) is 0 Å². The molecule has 4 nitrogen and oxygen atoms in total. The summed E-state index contributed by atoms with van der Waals surface area (Å²) in [7, 11) is 0. The average molecular weight is 259 g/mol. The van der Waals surface area contributed by atoms with Crippen molar-refractivity contribution in [1.82, 2.24) is 14.6 Å². The van der Waals surface area contributed by atoms with Gasteiger partial charge < -0.3 is 5.73 Å². The molecule has 0 amide bonds. The van der Waals surface area contributed by atoms with Crippen LogP contribution in [0.2, 0.25) is 5.02 Å². The molecule has 2 aromatic heterocycles. The lowest BCUT2D eigenvalue weighted by atomic mass is 10.1. The molecule has 0 atom stereocenters. The first-order valence-corrected chi connectivity index (χ1v) is 5.90. The number of hydrogen-bond donors (Lipinski definition) is 1. The minimum absolute atomic E-state index is 0.273. The Morgan fingerprint density at radius 3 is 2.83 bits per heavy atom. The van der Waals surface area contributed by atoms with Gasteiger partial charge in [0, 0.05) is 22.3 Å². The first-order chi connectivity index (χ1) is 8.65. The molecular formula is C13H11ClN4. The van der Waals surface area contributed by atoms with Gasteiger partial charge in [0.2, 0.25) is 5.95 Å². The number of fused-ring (bicyclic) bond motifs is 1. The molecule has 5 heteroatoms. The fourth-order valence-electron chi connectivity index (χ4n) is 2.01. The van der Waals surface area contributed by atoms with E-state index in [0.29, 0.717) is 5.02 Å². The number of hydrogen-bond acceptors (Lipinski definition) is 3. The minimum atomic E-state index is 0.273. The number of aromatic nitrogens is 3. The van der Waals surface area contributed by atoms with Crippen molar-refractivity contribution in [3.63, 3.8) is 0 Å². The average Bonchev–Trinajstić information content (AvgIpc) is 2.71. The summed E-state index contributed by atoms with van der Waals surface area (Å²) in [6.45, 7) is 1.98. The van der Waals surface area contributed by atoms with Crippen molar-refractivity contribution in [1.29, 1.82) is 0 Å². The standard InChI is InChI=1S/C13H11ClN4/c1-8-6-9(10-4-2-3-5-11(10)14)7-18-12(8)16-13(15)17-18/h2-7H,1H3,(H2,15,17). The lowest BCUT2D eigenvalue weighted by Crippen LogP contribution is -1.93. The van der Waals surface area contributed by atoms with Gasteiger partial charge in [0.05, 0.1) is 0 Å². The number of benzene rings is 1. The number of aryl methyl sites for hydroxylation is 1. The smallest absolute Gasteiger partial charge is 0.240 e. The zero-order valence-corrected chi connectivity index (χ0v) is 10.5. The Kier molecular flexibility index (Phi) is 2.45. The fraction of sp³-hybridized carbons (Fsp3) is 0.0769. The summed E-state index contributed by atoms with van der Waals surface area (Å²) in [5.74, 6) is 0.273. The molecule has 2 heterocycles. The summed E-state index contributed by atoms with van der Waals surface area (Å²) < 4.78 is 1.68. The van der Waals surface area contributed by atoms with Crippen LogP contribution < -0.4 is 5.73 Å². The van der Waals surface area contributed by atoms with Gasteiger partial charge in [-0.1, -0.05) is 29.8 Å². The van der Waals surface area contributed by atoms with E-state index in [-0.39, 0.29) is 5.95 Å². The lowest BCUT2D eigenvalue weighted by Gasteiger charge is -2.06. The molecule has 0 saturated heterocycles. The Hall–Kier alpha value is -2.07. The Morgan fingerprint density at radius 1 is 1.28 bits per heavy atom. The third-order valence-corrected chi connectivity index (χ3v) is 3.15. The maximum Gasteiger partial charge on any atom is 0.240 e. The van der Waals surface area contributed by atoms with Crippen LogP contribution in [0.25, 0.3) is 16.8 Å². The van der Waals surface area contributed by atoms with Gasteiger partial charge in [0.15, 0.2) is 5.65 Å². The van der Waals surface area contributed by atoms with Crippen LogP contribution in [0.1, 0.15) is 5.56 Å². The van der Waals surface area contributed by atoms with Crippen LogP contribution in [0.3, 0.4) is 0 Å². The number of pyridine rings is 1. The summed E-state index contributed by atoms with van der Waals surface area (Å²) in [6, 6.07) is 9.74. The predicted octanol–water partition coefficient (Wildman–Crippen LogP) is 2.94. The minimum Gasteiger partial charge on any atom is -0.366 e. The topological polar surface area (TPSA) is 56.2 Å². The molecule has 0 unspecified atom stereocenters. The zero-order chi connectivity index (χ0) is 12.7. The van der Waals surface area contributed by atoms with E-state index in [2.05, 4.69) is 10.1 Å². The summed E-state index contributed by atoms with van der Waals surface area (Å²) in [6.07, 6.45) is 1.88. The van der Waals surface area contributed by atoms with Gasteiger partial charge in [-0.3, -0.25) is 0 Å². The lowest BCUT2D eigenvalue weighted by molar-refractivity contribution is 0.964. The third kappa shape index (κ3) is 1.71. The van der Waals surface area contributed by atoms with Crippen LogP contribution in [-0.2, 0) is 0 Å². The van der Waals surface area contributed by atoms with Gasteiger partial charge in [-0.15, -0.1) is 5.10 Å². The molecule has 90 valence electrons. The highest BCUT2D eigenvalue weighted by molar-refractivity contribution is 6.33. The molecule has 0 saturated carbocycles. The van der Waals surface area contributed by atoms with Gasteiger partial charge in [0.25, 0.3) is 0 Å². The van der Waals surface area contributed by atoms with Crippen molar-refractivity contribution in [2.75, 3.05) is 5.73 Å². The normalized spacial score (nSPS) is 11.0. The van der Waals surface area contributed by atoms with Crippen molar-refractivity contribution in [2.24, 2.45) is 0 Å². The first kappa shape index (κ1) is 11.0. The van der Waals surface area contributed by atoms with Crippen molar-refractivity contribution in [3.8, 4) is 11.1 Å². The summed E-state index contributed by atoms with van der Waals surface area (Å²) in [5.41, 5.74) is 9.35. The second-order valence-electron chi connectivity index (χ2n) is 4.13. The highest BCUT2D eigenvalue weighted by atomic mass is 35.5. The molecule has 3 rings (SSSR count). The SMILES string of the molecule is Cc1cc(-c2ccccc2Cl)cn2nc(N)nc12. The van der Waals surface area contributed by atoms with E-state index in [1.54, 1.807) is 4.52 Å². The maximum atomic E-state index is 6.20. The summed E-state index contributed by atoms with van der Waals surface area (Å²) in [4.78, 5) is 4.17. The van der Waals surface area contributed by atoms with E-state index in [4.69, 9.17) is 17.3 Å². The fourth-order valence-corrected chi connectivity index (χ4v) is 2.25. The number of halogens is 1. The Bertz CT molecular complexity index is 733. The van der Waals surface area contributed by atoms with Crippen molar-refractivity contribution < 1.29 is 0 Å². The van der Waals surface area contributed by atoms with E-state index < -0.39 is 0 Å². The van der Waals surface area contributed by atoms with E-state index in [9.17, 15) is 0 Å². The van der Waals surface area contributed by atoms with E-state index in [1.165, 1.54) is 0 Å². The molecule has 0 aliphatic heterocycles. The largest absolute Gasteiger partial charge is 0.366 e. The van der Waals surface area contributed by atoms with Crippen LogP contribution in [0, 0.1) is 6.92 Å². The number of anilines is 1. The Labute approximate surface area is 109 Å². The highest BCUT2D eigenvalue weighted by Gasteiger charge is 2.08. The number of nitrogen functional groups attached to an aromatic ring is 1. The van der Waals surface area contributed by atoms with Crippen LogP contribution in [0.5, 0.6) is 0 Å². The van der Waals surface area contributed by atoms with Gasteiger partial charge in [-0.2, -0.15) is 4.98 Å². The number of nitrogens with two attached hydrogens (primary N) is 1. The second kappa shape index (κ2) is 3.99. The third-order valence-electron chi connectivity index (χ3n) is 2.82. The Balaban J connectivity index is 2.28. The van der Waals surface area contributed by atoms with E-state index in [1.807, 2.05) is 43.5 Å². The molecule has 2 N–H and O–H groups in total. The monoisotopic (exact) mass is 258 g/mol. The highest BCUT2D eigenvalue weighted by Crippen LogP contribution is 2.28. The van der Waals surface area contributed by atoms with Gasteiger partial charge in [-0.25, -0.2) is 4.52 Å². The van der Waals surface area contributed by atoms with Crippen molar-refractivity contribution in [2.45, 2.75) is 6.92 Å².